The van der Waals surface area contributed by atoms with Crippen molar-refractivity contribution in [3.05, 3.63) is 229 Å². The van der Waals surface area contributed by atoms with Crippen molar-refractivity contribution in [3.63, 3.8) is 0 Å². The third-order valence-corrected chi connectivity index (χ3v) is 14.7. The van der Waals surface area contributed by atoms with Gasteiger partial charge in [0.05, 0.1) is 27.8 Å². The first-order valence-corrected chi connectivity index (χ1v) is 24.1. The highest BCUT2D eigenvalue weighted by Gasteiger charge is 2.28. The number of benzene rings is 9. The number of hydrogen-bond acceptors (Lipinski definition) is 5. The summed E-state index contributed by atoms with van der Waals surface area (Å²) >= 11 is 0. The predicted molar refractivity (Wildman–Crippen MR) is 287 cm³/mol. The van der Waals surface area contributed by atoms with Crippen molar-refractivity contribution in [2.24, 2.45) is 4.99 Å². The summed E-state index contributed by atoms with van der Waals surface area (Å²) in [4.78, 5) is 5.21. The molecule has 2 N–H and O–H groups in total. The Morgan fingerprint density at radius 1 is 0.486 bits per heavy atom. The average Bonchev–Trinajstić information content (AvgIpc) is 4.18. The molecule has 5 heterocycles. The number of nitrogens with zero attached hydrogens (tertiary/aromatic N) is 3. The Bertz CT molecular complexity index is 4370. The van der Waals surface area contributed by atoms with E-state index in [0.717, 1.165) is 107 Å². The summed E-state index contributed by atoms with van der Waals surface area (Å²) in [6.07, 6.45) is 8.41. The van der Waals surface area contributed by atoms with Gasteiger partial charge in [-0.15, -0.1) is 0 Å². The number of rotatable bonds is 6. The molecule has 0 saturated carbocycles. The highest BCUT2D eigenvalue weighted by Crippen LogP contribution is 2.44. The molecule has 0 fully saturated rings. The number of para-hydroxylation sites is 3. The first-order chi connectivity index (χ1) is 34.7. The highest BCUT2D eigenvalue weighted by molar-refractivity contribution is 6.24. The van der Waals surface area contributed by atoms with Crippen LogP contribution in [-0.4, -0.2) is 21.1 Å². The van der Waals surface area contributed by atoms with Gasteiger partial charge in [0.2, 0.25) is 0 Å². The molecule has 0 saturated heterocycles. The molecule has 2 atom stereocenters. The number of hydrogen-bond donors (Lipinski definition) is 2. The maximum absolute atomic E-state index is 6.84. The molecule has 70 heavy (non-hydrogen) atoms. The minimum absolute atomic E-state index is 0.0384. The predicted octanol–water partition coefficient (Wildman–Crippen LogP) is 15.6. The van der Waals surface area contributed by atoms with E-state index >= 15 is 0 Å². The average molecular weight is 902 g/mol. The molecule has 332 valence electrons. The number of nitrogens with one attached hydrogen (secondary N) is 2. The van der Waals surface area contributed by atoms with Crippen molar-refractivity contribution in [2.45, 2.75) is 25.2 Å². The van der Waals surface area contributed by atoms with E-state index in [0.29, 0.717) is 0 Å². The van der Waals surface area contributed by atoms with Crippen molar-refractivity contribution in [2.75, 3.05) is 0 Å². The smallest absolute Gasteiger partial charge is 0.137 e. The second kappa shape index (κ2) is 15.3. The van der Waals surface area contributed by atoms with E-state index in [9.17, 15) is 0 Å². The molecule has 7 heteroatoms. The van der Waals surface area contributed by atoms with Gasteiger partial charge >= 0.3 is 0 Å². The standard InChI is InChI=1S/C63H43N5O2/c1-4-15-38(16-5-1)61-64-62(39-17-6-2-7-18-39)66-63(65-61)41-27-30-47-51-35-40(28-34-54(51)69-56(47)36-41)44-23-14-26-55-58(44)50-31-29-43(37-57(50)70-55)68-53-25-13-11-22-46(53)49-33-32-48-45-21-10-12-24-52(45)67(59(48)60(49)68)42-19-8-3-9-20-42/h1-6,8-17,19-37,61-62,64H,7,18H2,(H,65,66). The van der Waals surface area contributed by atoms with Crippen LogP contribution in [0.25, 0.3) is 110 Å². The van der Waals surface area contributed by atoms with Crippen LogP contribution in [-0.2, 0) is 0 Å². The zero-order chi connectivity index (χ0) is 45.9. The van der Waals surface area contributed by atoms with Crippen LogP contribution in [0.3, 0.4) is 0 Å². The van der Waals surface area contributed by atoms with Crippen LogP contribution in [0.4, 0.5) is 0 Å². The Labute approximate surface area is 401 Å². The first kappa shape index (κ1) is 39.1. The van der Waals surface area contributed by atoms with Crippen molar-refractivity contribution >= 4 is 93.3 Å². The molecular formula is C63H43N5O2. The zero-order valence-electron chi connectivity index (χ0n) is 37.9. The van der Waals surface area contributed by atoms with Crippen molar-refractivity contribution < 1.29 is 8.83 Å². The second-order valence-electron chi connectivity index (χ2n) is 18.6. The molecule has 1 aliphatic carbocycles. The van der Waals surface area contributed by atoms with E-state index in [4.69, 9.17) is 13.8 Å². The summed E-state index contributed by atoms with van der Waals surface area (Å²) in [5, 5.41) is 16.6. The molecule has 7 nitrogen and oxygen atoms in total. The van der Waals surface area contributed by atoms with Crippen LogP contribution in [0.15, 0.2) is 232 Å². The van der Waals surface area contributed by atoms with Crippen LogP contribution < -0.4 is 10.6 Å². The highest BCUT2D eigenvalue weighted by atomic mass is 16.3. The fourth-order valence-corrected chi connectivity index (χ4v) is 11.5. The van der Waals surface area contributed by atoms with E-state index in [1.807, 2.05) is 6.07 Å². The molecule has 2 unspecified atom stereocenters. The zero-order valence-corrected chi connectivity index (χ0v) is 37.9. The third-order valence-electron chi connectivity index (χ3n) is 14.7. The Morgan fingerprint density at radius 3 is 1.93 bits per heavy atom. The SMILES string of the molecule is C1=CCCC(C2NC(c3ccc4c(c3)oc3ccc(-c5cccc6oc7cc(-n8c9ccccc9c9ccc%10c%11ccccc%11n(-c%11ccccc%11)c%10c98)ccc7c56)cc34)=NC(c3ccccc3)N2)=C1. The molecule has 2 aliphatic rings. The van der Waals surface area contributed by atoms with Gasteiger partial charge in [-0.1, -0.05) is 140 Å². The Hall–Kier alpha value is -8.91. The summed E-state index contributed by atoms with van der Waals surface area (Å²) in [6.45, 7) is 0. The maximum Gasteiger partial charge on any atom is 0.137 e. The van der Waals surface area contributed by atoms with Crippen molar-refractivity contribution in [1.29, 1.82) is 0 Å². The third kappa shape index (κ3) is 5.95. The lowest BCUT2D eigenvalue weighted by atomic mass is 9.97. The first-order valence-electron chi connectivity index (χ1n) is 24.1. The normalized spacial score (nSPS) is 16.3. The fraction of sp³-hybridized carbons (Fsp3) is 0.0635. The van der Waals surface area contributed by atoms with E-state index in [1.165, 1.54) is 38.2 Å². The number of allylic oxidation sites excluding steroid dienone is 3. The molecule has 0 bridgehead atoms. The number of aromatic nitrogens is 2. The summed E-state index contributed by atoms with van der Waals surface area (Å²) in [7, 11) is 0. The largest absolute Gasteiger partial charge is 0.456 e. The van der Waals surface area contributed by atoms with Crippen LogP contribution in [0.5, 0.6) is 0 Å². The van der Waals surface area contributed by atoms with Crippen molar-refractivity contribution in [3.8, 4) is 22.5 Å². The molecular weight excluding hydrogens is 859 g/mol. The molecule has 0 spiro atoms. The summed E-state index contributed by atoms with van der Waals surface area (Å²) in [5.41, 5.74) is 15.9. The Balaban J connectivity index is 0.849. The lowest BCUT2D eigenvalue weighted by Gasteiger charge is -2.33. The van der Waals surface area contributed by atoms with E-state index in [1.54, 1.807) is 0 Å². The van der Waals surface area contributed by atoms with Gasteiger partial charge in [0.25, 0.3) is 0 Å². The van der Waals surface area contributed by atoms with E-state index < -0.39 is 0 Å². The number of fused-ring (bicyclic) bond motifs is 13. The molecule has 9 aromatic carbocycles. The molecule has 4 aromatic heterocycles. The van der Waals surface area contributed by atoms with Crippen LogP contribution in [0, 0.1) is 0 Å². The fourth-order valence-electron chi connectivity index (χ4n) is 11.5. The minimum Gasteiger partial charge on any atom is -0.456 e. The van der Waals surface area contributed by atoms with Gasteiger partial charge in [-0.25, -0.2) is 4.99 Å². The molecule has 13 aromatic rings. The minimum atomic E-state index is -0.185. The van der Waals surface area contributed by atoms with Gasteiger partial charge in [0.15, 0.2) is 0 Å². The topological polar surface area (TPSA) is 72.6 Å². The van der Waals surface area contributed by atoms with Gasteiger partial charge in [-0.05, 0) is 102 Å². The van der Waals surface area contributed by atoms with Gasteiger partial charge in [0.1, 0.15) is 40.5 Å². The summed E-state index contributed by atoms with van der Waals surface area (Å²) in [5.74, 6) is 0.847. The van der Waals surface area contributed by atoms with Gasteiger partial charge in [-0.2, -0.15) is 0 Å². The summed E-state index contributed by atoms with van der Waals surface area (Å²) < 4.78 is 18.3. The molecule has 1 aliphatic heterocycles. The van der Waals surface area contributed by atoms with Crippen LogP contribution in [0.2, 0.25) is 0 Å². The monoisotopic (exact) mass is 901 g/mol. The summed E-state index contributed by atoms with van der Waals surface area (Å²) in [6, 6.07) is 69.4. The maximum atomic E-state index is 6.84. The number of furan rings is 2. The van der Waals surface area contributed by atoms with E-state index in [2.05, 4.69) is 226 Å². The quantitative estimate of drug-likeness (QED) is 0.174. The Morgan fingerprint density at radius 2 is 1.16 bits per heavy atom. The lowest BCUT2D eigenvalue weighted by molar-refractivity contribution is 0.429. The second-order valence-corrected chi connectivity index (χ2v) is 18.6. The van der Waals surface area contributed by atoms with Crippen molar-refractivity contribution in [1.82, 2.24) is 19.8 Å². The molecule has 0 amide bonds. The Kier molecular flexibility index (Phi) is 8.55. The van der Waals surface area contributed by atoms with Crippen LogP contribution in [0.1, 0.15) is 30.1 Å². The molecule has 0 radical (unpaired) electrons. The number of amidine groups is 1. The lowest BCUT2D eigenvalue weighted by Crippen LogP contribution is -2.52. The van der Waals surface area contributed by atoms with Crippen LogP contribution >= 0.6 is 0 Å². The van der Waals surface area contributed by atoms with Gasteiger partial charge in [-0.3, -0.25) is 5.32 Å². The number of aliphatic imine (C=N–C) groups is 1. The molecule has 15 rings (SSSR count). The van der Waals surface area contributed by atoms with E-state index in [-0.39, 0.29) is 12.3 Å². The van der Waals surface area contributed by atoms with Gasteiger partial charge < -0.3 is 23.3 Å². The van der Waals surface area contributed by atoms with Gasteiger partial charge in [0, 0.05) is 60.4 Å².